The summed E-state index contributed by atoms with van der Waals surface area (Å²) in [6, 6.07) is -0.696. The van der Waals surface area contributed by atoms with E-state index in [1.165, 1.54) is 225 Å². The fraction of sp³-hybridized carbons (Fsp3) is 0.931. The minimum absolute atomic E-state index is 0.0821. The number of aliphatic hydroxyl groups excluding tert-OH is 2. The molecule has 0 bridgehead atoms. The van der Waals surface area contributed by atoms with Crippen LogP contribution >= 0.6 is 0 Å². The topological polar surface area (TPSA) is 95.9 Å². The summed E-state index contributed by atoms with van der Waals surface area (Å²) in [5, 5.41) is 23.8. The Morgan fingerprint density at radius 3 is 1.11 bits per heavy atom. The van der Waals surface area contributed by atoms with Crippen LogP contribution in [-0.2, 0) is 14.3 Å². The first-order valence-electron chi connectivity index (χ1n) is 28.9. The van der Waals surface area contributed by atoms with Crippen LogP contribution in [0.25, 0.3) is 0 Å². The van der Waals surface area contributed by atoms with E-state index in [4.69, 9.17) is 4.74 Å². The predicted molar refractivity (Wildman–Crippen MR) is 278 cm³/mol. The van der Waals surface area contributed by atoms with E-state index in [1.807, 2.05) is 0 Å². The number of aliphatic hydroxyl groups is 2. The molecule has 6 heteroatoms. The molecule has 0 spiro atoms. The maximum Gasteiger partial charge on any atom is 0.306 e. The molecule has 0 aliphatic heterocycles. The van der Waals surface area contributed by atoms with Crippen molar-refractivity contribution in [2.45, 2.75) is 341 Å². The van der Waals surface area contributed by atoms with E-state index in [0.29, 0.717) is 19.3 Å². The molecule has 0 rings (SSSR count). The number of allylic oxidation sites excluding steroid dienone is 2. The lowest BCUT2D eigenvalue weighted by Gasteiger charge is -2.24. The summed E-state index contributed by atoms with van der Waals surface area (Å²) in [5.41, 5.74) is 0. The molecule has 0 aliphatic carbocycles. The molecule has 64 heavy (non-hydrogen) atoms. The number of ether oxygens (including phenoxy) is 1. The molecule has 0 aromatic rings. The average Bonchev–Trinajstić information content (AvgIpc) is 3.29. The molecule has 380 valence electrons. The number of hydrogen-bond acceptors (Lipinski definition) is 5. The first-order chi connectivity index (χ1) is 31.5. The highest BCUT2D eigenvalue weighted by molar-refractivity contribution is 5.77. The first-order valence-corrected chi connectivity index (χ1v) is 28.9. The highest BCUT2D eigenvalue weighted by Gasteiger charge is 2.24. The van der Waals surface area contributed by atoms with Crippen LogP contribution in [0, 0.1) is 0 Å². The van der Waals surface area contributed by atoms with Crippen molar-refractivity contribution >= 4 is 11.9 Å². The zero-order valence-electron chi connectivity index (χ0n) is 43.4. The second-order valence-electron chi connectivity index (χ2n) is 20.1. The lowest BCUT2D eigenvalue weighted by atomic mass is 10.0. The SMILES string of the molecule is CCCCCCCC/C=C/CCCCCCCCCC(CC(=O)NC(CO)C(O)CCCCCCCCCCCC)OC(=O)CCCCCCCCCCCCCCCCCCCC. The monoisotopic (exact) mass is 904 g/mol. The number of unbranched alkanes of at least 4 members (excludes halogenated alkanes) is 39. The van der Waals surface area contributed by atoms with Crippen molar-refractivity contribution in [1.29, 1.82) is 0 Å². The van der Waals surface area contributed by atoms with E-state index in [0.717, 1.165) is 51.4 Å². The van der Waals surface area contributed by atoms with E-state index in [-0.39, 0.29) is 24.9 Å². The van der Waals surface area contributed by atoms with Gasteiger partial charge in [0, 0.05) is 6.42 Å². The molecule has 0 saturated carbocycles. The van der Waals surface area contributed by atoms with Crippen molar-refractivity contribution in [3.05, 3.63) is 12.2 Å². The molecule has 1 amide bonds. The summed E-state index contributed by atoms with van der Waals surface area (Å²) in [6.45, 7) is 6.51. The Hall–Kier alpha value is -1.40. The summed E-state index contributed by atoms with van der Waals surface area (Å²) in [4.78, 5) is 26.2. The highest BCUT2D eigenvalue weighted by Crippen LogP contribution is 2.19. The third-order valence-electron chi connectivity index (χ3n) is 13.6. The average molecular weight is 905 g/mol. The molecular weight excluding hydrogens is 791 g/mol. The van der Waals surface area contributed by atoms with Crippen LogP contribution in [0.15, 0.2) is 12.2 Å². The van der Waals surface area contributed by atoms with Gasteiger partial charge >= 0.3 is 5.97 Å². The van der Waals surface area contributed by atoms with Gasteiger partial charge < -0.3 is 20.3 Å². The van der Waals surface area contributed by atoms with Crippen LogP contribution in [0.5, 0.6) is 0 Å². The number of nitrogens with one attached hydrogen (secondary N) is 1. The minimum atomic E-state index is -0.783. The second kappa shape index (κ2) is 52.6. The number of hydrogen-bond donors (Lipinski definition) is 3. The van der Waals surface area contributed by atoms with Gasteiger partial charge in [-0.3, -0.25) is 9.59 Å². The number of rotatable bonds is 53. The molecule has 0 fully saturated rings. The Morgan fingerprint density at radius 2 is 0.750 bits per heavy atom. The molecule has 0 aromatic carbocycles. The Kier molecular flexibility index (Phi) is 51.4. The second-order valence-corrected chi connectivity index (χ2v) is 20.1. The third-order valence-corrected chi connectivity index (χ3v) is 13.6. The van der Waals surface area contributed by atoms with Crippen molar-refractivity contribution in [1.82, 2.24) is 5.32 Å². The van der Waals surface area contributed by atoms with Crippen molar-refractivity contribution in [3.8, 4) is 0 Å². The van der Waals surface area contributed by atoms with E-state index >= 15 is 0 Å². The summed E-state index contributed by atoms with van der Waals surface area (Å²) in [6.07, 6.45) is 60.0. The van der Waals surface area contributed by atoms with Crippen molar-refractivity contribution in [3.63, 3.8) is 0 Å². The van der Waals surface area contributed by atoms with Gasteiger partial charge in [-0.2, -0.15) is 0 Å². The fourth-order valence-electron chi connectivity index (χ4n) is 9.19. The minimum Gasteiger partial charge on any atom is -0.462 e. The molecule has 0 radical (unpaired) electrons. The molecule has 0 aliphatic rings. The van der Waals surface area contributed by atoms with Crippen molar-refractivity contribution in [2.75, 3.05) is 6.61 Å². The summed E-state index contributed by atoms with van der Waals surface area (Å²) in [5.74, 6) is -0.455. The van der Waals surface area contributed by atoms with Gasteiger partial charge in [-0.25, -0.2) is 0 Å². The van der Waals surface area contributed by atoms with E-state index in [2.05, 4.69) is 38.2 Å². The van der Waals surface area contributed by atoms with E-state index in [9.17, 15) is 19.8 Å². The van der Waals surface area contributed by atoms with Gasteiger partial charge in [-0.1, -0.05) is 270 Å². The standard InChI is InChI=1S/C58H113NO5/c1-4-7-10-13-16-19-22-24-26-28-30-32-34-36-39-42-45-48-51-58(63)64-54(49-46-43-40-37-35-33-31-29-27-25-23-20-17-14-11-8-5-2)52-57(62)59-55(53-60)56(61)50-47-44-41-38-21-18-15-12-9-6-3/h25,27,54-56,60-61H,4-24,26,28-53H2,1-3H3,(H,59,62)/b27-25+. The van der Waals surface area contributed by atoms with E-state index in [1.54, 1.807) is 0 Å². The quantitative estimate of drug-likeness (QED) is 0.0321. The highest BCUT2D eigenvalue weighted by atomic mass is 16.5. The number of esters is 1. The molecule has 6 nitrogen and oxygen atoms in total. The smallest absolute Gasteiger partial charge is 0.306 e. The van der Waals surface area contributed by atoms with Crippen LogP contribution in [0.4, 0.5) is 0 Å². The molecular formula is C58H113NO5. The summed E-state index contributed by atoms with van der Waals surface area (Å²) in [7, 11) is 0. The number of amides is 1. The van der Waals surface area contributed by atoms with Gasteiger partial charge in [0.05, 0.1) is 25.2 Å². The molecule has 0 heterocycles. The summed E-state index contributed by atoms with van der Waals surface area (Å²) >= 11 is 0. The number of carbonyl (C=O) groups is 2. The Morgan fingerprint density at radius 1 is 0.438 bits per heavy atom. The Bertz CT molecular complexity index is 970. The van der Waals surface area contributed by atoms with Gasteiger partial charge in [0.25, 0.3) is 0 Å². The lowest BCUT2D eigenvalue weighted by molar-refractivity contribution is -0.151. The third kappa shape index (κ3) is 47.1. The van der Waals surface area contributed by atoms with Gasteiger partial charge in [0.2, 0.25) is 5.91 Å². The van der Waals surface area contributed by atoms with Crippen LogP contribution in [0.2, 0.25) is 0 Å². The zero-order valence-corrected chi connectivity index (χ0v) is 43.4. The van der Waals surface area contributed by atoms with Crippen LogP contribution in [-0.4, -0.2) is 46.9 Å². The zero-order chi connectivity index (χ0) is 46.7. The fourth-order valence-corrected chi connectivity index (χ4v) is 9.19. The van der Waals surface area contributed by atoms with Crippen LogP contribution < -0.4 is 5.32 Å². The Labute approximate surface area is 399 Å². The predicted octanol–water partition coefficient (Wildman–Crippen LogP) is 17.7. The van der Waals surface area contributed by atoms with Gasteiger partial charge in [-0.15, -0.1) is 0 Å². The van der Waals surface area contributed by atoms with Crippen LogP contribution in [0.1, 0.15) is 323 Å². The number of carbonyl (C=O) groups excluding carboxylic acids is 2. The first kappa shape index (κ1) is 62.6. The largest absolute Gasteiger partial charge is 0.462 e. The maximum atomic E-state index is 13.2. The van der Waals surface area contributed by atoms with Crippen molar-refractivity contribution in [2.24, 2.45) is 0 Å². The molecule has 0 saturated heterocycles. The van der Waals surface area contributed by atoms with Crippen molar-refractivity contribution < 1.29 is 24.5 Å². The van der Waals surface area contributed by atoms with Crippen LogP contribution in [0.3, 0.4) is 0 Å². The van der Waals surface area contributed by atoms with Gasteiger partial charge in [0.15, 0.2) is 0 Å². The van der Waals surface area contributed by atoms with E-state index < -0.39 is 18.2 Å². The Balaban J connectivity index is 4.49. The molecule has 3 N–H and O–H groups in total. The molecule has 3 unspecified atom stereocenters. The lowest BCUT2D eigenvalue weighted by Crippen LogP contribution is -2.46. The van der Waals surface area contributed by atoms with Gasteiger partial charge in [-0.05, 0) is 51.4 Å². The van der Waals surface area contributed by atoms with Gasteiger partial charge in [0.1, 0.15) is 6.10 Å². The summed E-state index contributed by atoms with van der Waals surface area (Å²) < 4.78 is 5.97. The molecule has 3 atom stereocenters. The normalized spacial score (nSPS) is 13.1. The maximum absolute atomic E-state index is 13.2. The molecule has 0 aromatic heterocycles.